The van der Waals surface area contributed by atoms with E-state index in [2.05, 4.69) is 5.32 Å². The predicted octanol–water partition coefficient (Wildman–Crippen LogP) is 2.31. The second kappa shape index (κ2) is 8.00. The molecule has 0 saturated heterocycles. The summed E-state index contributed by atoms with van der Waals surface area (Å²) in [6.45, 7) is 0.0373. The van der Waals surface area contributed by atoms with Crippen molar-refractivity contribution in [1.82, 2.24) is 0 Å². The van der Waals surface area contributed by atoms with Crippen LogP contribution in [0.4, 0.5) is 5.69 Å². The van der Waals surface area contributed by atoms with Crippen LogP contribution in [-0.2, 0) is 9.53 Å². The molecule has 0 spiro atoms. The Hall–Kier alpha value is -1.59. The summed E-state index contributed by atoms with van der Waals surface area (Å²) < 4.78 is 10.8. The number of benzene rings is 1. The van der Waals surface area contributed by atoms with Crippen LogP contribution in [0, 0.1) is 0 Å². The van der Waals surface area contributed by atoms with Crippen LogP contribution in [-0.4, -0.2) is 31.8 Å². The first kappa shape index (κ1) is 15.8. The average Bonchev–Trinajstić information content (AvgIpc) is 2.70. The Labute approximate surface area is 125 Å². The topological polar surface area (TPSA) is 73.6 Å². The lowest BCUT2D eigenvalue weighted by Crippen LogP contribution is -2.37. The van der Waals surface area contributed by atoms with Gasteiger partial charge in [0.25, 0.3) is 0 Å². The number of ether oxygens (including phenoxy) is 2. The predicted molar refractivity (Wildman–Crippen MR) is 82.4 cm³/mol. The van der Waals surface area contributed by atoms with E-state index in [1.165, 1.54) is 6.42 Å². The average molecular weight is 292 g/mol. The second-order valence-corrected chi connectivity index (χ2v) is 5.43. The van der Waals surface area contributed by atoms with Crippen LogP contribution in [0.25, 0.3) is 0 Å². The molecule has 5 heteroatoms. The Bertz CT molecular complexity index is 465. The third-order valence-electron chi connectivity index (χ3n) is 3.79. The fourth-order valence-electron chi connectivity index (χ4n) is 2.59. The standard InChI is InChI=1S/C16H24N2O3/c1-20-13-7-5-6-12(10-13)18-16(19)11-21-15-9-4-2-3-8-14(15)17/h5-7,10,14-15H,2-4,8-9,11,17H2,1H3,(H,18,19). The van der Waals surface area contributed by atoms with Gasteiger partial charge < -0.3 is 20.5 Å². The molecule has 1 aromatic rings. The number of carbonyl (C=O) groups excluding carboxylic acids is 1. The first-order valence-corrected chi connectivity index (χ1v) is 7.50. The number of anilines is 1. The molecule has 1 saturated carbocycles. The summed E-state index contributed by atoms with van der Waals surface area (Å²) in [6, 6.07) is 7.29. The van der Waals surface area contributed by atoms with Crippen LogP contribution in [0.5, 0.6) is 5.75 Å². The minimum atomic E-state index is -0.167. The highest BCUT2D eigenvalue weighted by Crippen LogP contribution is 2.20. The largest absolute Gasteiger partial charge is 0.497 e. The molecule has 1 aliphatic rings. The highest BCUT2D eigenvalue weighted by molar-refractivity contribution is 5.91. The van der Waals surface area contributed by atoms with Crippen LogP contribution in [0.15, 0.2) is 24.3 Å². The highest BCUT2D eigenvalue weighted by Gasteiger charge is 2.21. The van der Waals surface area contributed by atoms with Gasteiger partial charge in [-0.25, -0.2) is 0 Å². The maximum atomic E-state index is 11.9. The van der Waals surface area contributed by atoms with Crippen molar-refractivity contribution in [2.75, 3.05) is 19.0 Å². The zero-order valence-corrected chi connectivity index (χ0v) is 12.5. The normalized spacial score (nSPS) is 22.4. The third kappa shape index (κ3) is 5.02. The minimum Gasteiger partial charge on any atom is -0.497 e. The summed E-state index contributed by atoms with van der Waals surface area (Å²) in [5.74, 6) is 0.541. The number of carbonyl (C=O) groups is 1. The van der Waals surface area contributed by atoms with Gasteiger partial charge in [-0.05, 0) is 25.0 Å². The molecule has 116 valence electrons. The van der Waals surface area contributed by atoms with E-state index in [9.17, 15) is 4.79 Å². The Morgan fingerprint density at radius 2 is 2.14 bits per heavy atom. The first-order valence-electron chi connectivity index (χ1n) is 7.50. The minimum absolute atomic E-state index is 0.0106. The number of amides is 1. The van der Waals surface area contributed by atoms with Crippen LogP contribution >= 0.6 is 0 Å². The molecule has 3 N–H and O–H groups in total. The molecule has 1 fully saturated rings. The summed E-state index contributed by atoms with van der Waals surface area (Å²) in [4.78, 5) is 11.9. The van der Waals surface area contributed by atoms with E-state index in [1.54, 1.807) is 13.2 Å². The van der Waals surface area contributed by atoms with Crippen molar-refractivity contribution in [2.24, 2.45) is 5.73 Å². The van der Waals surface area contributed by atoms with Crippen LogP contribution < -0.4 is 15.8 Å². The summed E-state index contributed by atoms with van der Waals surface area (Å²) in [5, 5.41) is 2.80. The van der Waals surface area contributed by atoms with Gasteiger partial charge in [-0.3, -0.25) is 4.79 Å². The zero-order chi connectivity index (χ0) is 15.1. The second-order valence-electron chi connectivity index (χ2n) is 5.43. The van der Waals surface area contributed by atoms with Gasteiger partial charge in [-0.15, -0.1) is 0 Å². The van der Waals surface area contributed by atoms with Gasteiger partial charge in [0.05, 0.1) is 13.2 Å². The molecule has 2 atom stereocenters. The molecule has 1 amide bonds. The van der Waals surface area contributed by atoms with Gasteiger partial charge in [-0.1, -0.05) is 25.3 Å². The molecule has 21 heavy (non-hydrogen) atoms. The van der Waals surface area contributed by atoms with Crippen molar-refractivity contribution >= 4 is 11.6 Å². The fourth-order valence-corrected chi connectivity index (χ4v) is 2.59. The molecule has 1 aromatic carbocycles. The van der Waals surface area contributed by atoms with E-state index in [0.717, 1.165) is 25.7 Å². The summed E-state index contributed by atoms with van der Waals surface area (Å²) in [6.07, 6.45) is 5.37. The van der Waals surface area contributed by atoms with E-state index < -0.39 is 0 Å². The van der Waals surface area contributed by atoms with Gasteiger partial charge in [0, 0.05) is 17.8 Å². The fraction of sp³-hybridized carbons (Fsp3) is 0.562. The van der Waals surface area contributed by atoms with Gasteiger partial charge in [0.15, 0.2) is 0 Å². The summed E-state index contributed by atoms with van der Waals surface area (Å²) >= 11 is 0. The van der Waals surface area contributed by atoms with Crippen LogP contribution in [0.2, 0.25) is 0 Å². The molecule has 2 rings (SSSR count). The molecule has 1 aliphatic carbocycles. The van der Waals surface area contributed by atoms with Crippen molar-refractivity contribution < 1.29 is 14.3 Å². The molecular formula is C16H24N2O3. The Kier molecular flexibility index (Phi) is 6.02. The number of nitrogens with two attached hydrogens (primary N) is 1. The monoisotopic (exact) mass is 292 g/mol. The Balaban J connectivity index is 1.81. The maximum absolute atomic E-state index is 11.9. The Morgan fingerprint density at radius 1 is 1.33 bits per heavy atom. The SMILES string of the molecule is COc1cccc(NC(=O)COC2CCCCCC2N)c1. The van der Waals surface area contributed by atoms with E-state index in [0.29, 0.717) is 11.4 Å². The lowest BCUT2D eigenvalue weighted by Gasteiger charge is -2.21. The molecule has 0 bridgehead atoms. The molecular weight excluding hydrogens is 268 g/mol. The third-order valence-corrected chi connectivity index (χ3v) is 3.79. The summed E-state index contributed by atoms with van der Waals surface area (Å²) in [5.41, 5.74) is 6.78. The lowest BCUT2D eigenvalue weighted by atomic mass is 10.1. The summed E-state index contributed by atoms with van der Waals surface area (Å²) in [7, 11) is 1.59. The molecule has 0 heterocycles. The Morgan fingerprint density at radius 3 is 2.95 bits per heavy atom. The highest BCUT2D eigenvalue weighted by atomic mass is 16.5. The van der Waals surface area contributed by atoms with Crippen molar-refractivity contribution in [2.45, 2.75) is 44.2 Å². The molecule has 0 aromatic heterocycles. The maximum Gasteiger partial charge on any atom is 0.250 e. The molecule has 2 unspecified atom stereocenters. The first-order chi connectivity index (χ1) is 10.2. The number of methoxy groups -OCH3 is 1. The lowest BCUT2D eigenvalue weighted by molar-refractivity contribution is -0.123. The molecule has 0 aliphatic heterocycles. The van der Waals surface area contributed by atoms with Crippen molar-refractivity contribution in [3.8, 4) is 5.75 Å². The van der Waals surface area contributed by atoms with Gasteiger partial charge in [0.1, 0.15) is 12.4 Å². The van der Waals surface area contributed by atoms with Gasteiger partial charge in [-0.2, -0.15) is 0 Å². The van der Waals surface area contributed by atoms with E-state index in [4.69, 9.17) is 15.2 Å². The van der Waals surface area contributed by atoms with E-state index >= 15 is 0 Å². The van der Waals surface area contributed by atoms with Crippen LogP contribution in [0.3, 0.4) is 0 Å². The molecule has 0 radical (unpaired) electrons. The zero-order valence-electron chi connectivity index (χ0n) is 12.5. The van der Waals surface area contributed by atoms with E-state index in [1.807, 2.05) is 18.2 Å². The van der Waals surface area contributed by atoms with Gasteiger partial charge >= 0.3 is 0 Å². The quantitative estimate of drug-likeness (QED) is 0.817. The molecule has 5 nitrogen and oxygen atoms in total. The number of hydrogen-bond acceptors (Lipinski definition) is 4. The number of nitrogens with one attached hydrogen (secondary N) is 1. The van der Waals surface area contributed by atoms with Crippen molar-refractivity contribution in [1.29, 1.82) is 0 Å². The smallest absolute Gasteiger partial charge is 0.250 e. The van der Waals surface area contributed by atoms with Crippen molar-refractivity contribution in [3.63, 3.8) is 0 Å². The van der Waals surface area contributed by atoms with Gasteiger partial charge in [0.2, 0.25) is 5.91 Å². The number of hydrogen-bond donors (Lipinski definition) is 2. The number of rotatable bonds is 5. The van der Waals surface area contributed by atoms with Crippen LogP contribution in [0.1, 0.15) is 32.1 Å². The van der Waals surface area contributed by atoms with E-state index in [-0.39, 0.29) is 24.7 Å². The van der Waals surface area contributed by atoms with Crippen molar-refractivity contribution in [3.05, 3.63) is 24.3 Å².